The van der Waals surface area contributed by atoms with Crippen molar-refractivity contribution in [3.63, 3.8) is 0 Å². The fourth-order valence-corrected chi connectivity index (χ4v) is 2.25. The molecule has 2 rings (SSSR count). The van der Waals surface area contributed by atoms with Gasteiger partial charge in [-0.2, -0.15) is 0 Å². The molecule has 2 aliphatic carbocycles. The predicted octanol–water partition coefficient (Wildman–Crippen LogP) is 2.81. The Bertz CT molecular complexity index is 178. The van der Waals surface area contributed by atoms with Crippen LogP contribution in [0.1, 0.15) is 46.5 Å². The van der Waals surface area contributed by atoms with Gasteiger partial charge in [0.1, 0.15) is 0 Å². The number of nitrogens with one attached hydrogen (secondary N) is 1. The van der Waals surface area contributed by atoms with Gasteiger partial charge in [-0.3, -0.25) is 0 Å². The molecule has 0 aromatic heterocycles. The Hall–Kier alpha value is -0.0400. The van der Waals surface area contributed by atoms with Crippen LogP contribution in [0.2, 0.25) is 0 Å². The van der Waals surface area contributed by atoms with Crippen molar-refractivity contribution in [3.8, 4) is 0 Å². The average molecular weight is 181 g/mol. The summed E-state index contributed by atoms with van der Waals surface area (Å²) in [5.74, 6) is 1.87. The van der Waals surface area contributed by atoms with Crippen molar-refractivity contribution in [1.82, 2.24) is 5.32 Å². The third kappa shape index (κ3) is 2.07. The molecular weight excluding hydrogens is 158 g/mol. The molecular formula is C12H23N. The van der Waals surface area contributed by atoms with E-state index in [1.807, 2.05) is 0 Å². The SMILES string of the molecule is CC(NCC1(C(C)C)CC1)C1CC1. The quantitative estimate of drug-likeness (QED) is 0.687. The molecule has 1 N–H and O–H groups in total. The van der Waals surface area contributed by atoms with E-state index in [4.69, 9.17) is 0 Å². The normalized spacial score (nSPS) is 27.7. The molecule has 0 aliphatic heterocycles. The third-order valence-electron chi connectivity index (χ3n) is 4.22. The van der Waals surface area contributed by atoms with E-state index in [9.17, 15) is 0 Å². The summed E-state index contributed by atoms with van der Waals surface area (Å²) in [5.41, 5.74) is 0.684. The van der Waals surface area contributed by atoms with E-state index in [1.165, 1.54) is 32.2 Å². The molecule has 0 heterocycles. The van der Waals surface area contributed by atoms with Gasteiger partial charge < -0.3 is 5.32 Å². The lowest BCUT2D eigenvalue weighted by Crippen LogP contribution is -2.35. The van der Waals surface area contributed by atoms with Crippen LogP contribution in [0.15, 0.2) is 0 Å². The smallest absolute Gasteiger partial charge is 0.00672 e. The lowest BCUT2D eigenvalue weighted by molar-refractivity contribution is 0.316. The van der Waals surface area contributed by atoms with E-state index in [0.29, 0.717) is 5.41 Å². The van der Waals surface area contributed by atoms with Crippen molar-refractivity contribution in [1.29, 1.82) is 0 Å². The first-order chi connectivity index (χ1) is 6.14. The maximum Gasteiger partial charge on any atom is 0.00672 e. The molecule has 0 bridgehead atoms. The molecule has 0 radical (unpaired) electrons. The van der Waals surface area contributed by atoms with E-state index in [0.717, 1.165) is 17.9 Å². The topological polar surface area (TPSA) is 12.0 Å². The molecule has 2 aliphatic rings. The van der Waals surface area contributed by atoms with Crippen LogP contribution in [0.4, 0.5) is 0 Å². The van der Waals surface area contributed by atoms with E-state index in [2.05, 4.69) is 26.1 Å². The van der Waals surface area contributed by atoms with Crippen molar-refractivity contribution >= 4 is 0 Å². The van der Waals surface area contributed by atoms with Crippen molar-refractivity contribution < 1.29 is 0 Å². The van der Waals surface area contributed by atoms with E-state index < -0.39 is 0 Å². The second-order valence-corrected chi connectivity index (χ2v) is 5.52. The van der Waals surface area contributed by atoms with E-state index >= 15 is 0 Å². The molecule has 1 heteroatoms. The van der Waals surface area contributed by atoms with Gasteiger partial charge in [0.2, 0.25) is 0 Å². The summed E-state index contributed by atoms with van der Waals surface area (Å²) >= 11 is 0. The first-order valence-electron chi connectivity index (χ1n) is 5.87. The molecule has 1 atom stereocenters. The van der Waals surface area contributed by atoms with Crippen molar-refractivity contribution in [3.05, 3.63) is 0 Å². The zero-order valence-electron chi connectivity index (χ0n) is 9.27. The van der Waals surface area contributed by atoms with Gasteiger partial charge in [0.05, 0.1) is 0 Å². The fourth-order valence-electron chi connectivity index (χ4n) is 2.25. The molecule has 1 nitrogen and oxygen atoms in total. The lowest BCUT2D eigenvalue weighted by Gasteiger charge is -2.23. The molecule has 0 amide bonds. The van der Waals surface area contributed by atoms with Crippen molar-refractivity contribution in [2.75, 3.05) is 6.54 Å². The van der Waals surface area contributed by atoms with Crippen molar-refractivity contribution in [2.45, 2.75) is 52.5 Å². The summed E-state index contributed by atoms with van der Waals surface area (Å²) < 4.78 is 0. The second kappa shape index (κ2) is 3.27. The highest BCUT2D eigenvalue weighted by Crippen LogP contribution is 2.51. The number of hydrogen-bond donors (Lipinski definition) is 1. The molecule has 1 unspecified atom stereocenters. The summed E-state index contributed by atoms with van der Waals surface area (Å²) in [7, 11) is 0. The van der Waals surface area contributed by atoms with Gasteiger partial charge in [0, 0.05) is 12.6 Å². The van der Waals surface area contributed by atoms with E-state index in [-0.39, 0.29) is 0 Å². The van der Waals surface area contributed by atoms with Crippen LogP contribution in [-0.4, -0.2) is 12.6 Å². The van der Waals surface area contributed by atoms with Gasteiger partial charge in [0.25, 0.3) is 0 Å². The maximum atomic E-state index is 3.73. The Morgan fingerprint density at radius 2 is 1.85 bits per heavy atom. The Labute approximate surface area is 82.3 Å². The number of rotatable bonds is 5. The van der Waals surface area contributed by atoms with Gasteiger partial charge in [-0.15, -0.1) is 0 Å². The lowest BCUT2D eigenvalue weighted by atomic mass is 9.92. The van der Waals surface area contributed by atoms with E-state index in [1.54, 1.807) is 0 Å². The Morgan fingerprint density at radius 3 is 2.23 bits per heavy atom. The van der Waals surface area contributed by atoms with Crippen LogP contribution in [0.5, 0.6) is 0 Å². The standard InChI is InChI=1S/C12H23N/c1-9(2)12(6-7-12)8-13-10(3)11-4-5-11/h9-11,13H,4-8H2,1-3H3. The molecule has 0 spiro atoms. The Morgan fingerprint density at radius 1 is 1.23 bits per heavy atom. The minimum atomic E-state index is 0.684. The maximum absolute atomic E-state index is 3.73. The van der Waals surface area contributed by atoms with Gasteiger partial charge in [-0.1, -0.05) is 13.8 Å². The summed E-state index contributed by atoms with van der Waals surface area (Å²) in [4.78, 5) is 0. The molecule has 13 heavy (non-hydrogen) atoms. The highest BCUT2D eigenvalue weighted by Gasteiger charge is 2.45. The molecule has 0 aromatic carbocycles. The second-order valence-electron chi connectivity index (χ2n) is 5.52. The largest absolute Gasteiger partial charge is 0.313 e. The zero-order valence-corrected chi connectivity index (χ0v) is 9.27. The van der Waals surface area contributed by atoms with Crippen LogP contribution in [0, 0.1) is 17.3 Å². The first kappa shape index (κ1) is 9.51. The predicted molar refractivity (Wildman–Crippen MR) is 56.7 cm³/mol. The van der Waals surface area contributed by atoms with Gasteiger partial charge in [-0.25, -0.2) is 0 Å². The zero-order chi connectivity index (χ0) is 9.47. The minimum absolute atomic E-state index is 0.684. The van der Waals surface area contributed by atoms with Gasteiger partial charge in [0.15, 0.2) is 0 Å². The highest BCUT2D eigenvalue weighted by molar-refractivity contribution is 4.98. The monoisotopic (exact) mass is 181 g/mol. The summed E-state index contributed by atoms with van der Waals surface area (Å²) in [5, 5.41) is 3.73. The Balaban J connectivity index is 1.72. The molecule has 76 valence electrons. The summed E-state index contributed by atoms with van der Waals surface area (Å²) in [6.45, 7) is 8.36. The van der Waals surface area contributed by atoms with Crippen LogP contribution < -0.4 is 5.32 Å². The van der Waals surface area contributed by atoms with Crippen molar-refractivity contribution in [2.24, 2.45) is 17.3 Å². The average Bonchev–Trinajstić information content (AvgIpc) is 2.94. The fraction of sp³-hybridized carbons (Fsp3) is 1.00. The van der Waals surface area contributed by atoms with Crippen LogP contribution in [0.25, 0.3) is 0 Å². The first-order valence-corrected chi connectivity index (χ1v) is 5.87. The van der Waals surface area contributed by atoms with Crippen LogP contribution in [0.3, 0.4) is 0 Å². The highest BCUT2D eigenvalue weighted by atomic mass is 14.9. The van der Waals surface area contributed by atoms with Gasteiger partial charge in [-0.05, 0) is 49.9 Å². The summed E-state index contributed by atoms with van der Waals surface area (Å²) in [6.07, 6.45) is 5.83. The molecule has 0 aromatic rings. The molecule has 0 saturated heterocycles. The Kier molecular flexibility index (Phi) is 2.39. The van der Waals surface area contributed by atoms with Gasteiger partial charge >= 0.3 is 0 Å². The number of hydrogen-bond acceptors (Lipinski definition) is 1. The molecule has 2 fully saturated rings. The van der Waals surface area contributed by atoms with Crippen LogP contribution in [-0.2, 0) is 0 Å². The van der Waals surface area contributed by atoms with Crippen LogP contribution >= 0.6 is 0 Å². The third-order valence-corrected chi connectivity index (χ3v) is 4.22. The summed E-state index contributed by atoms with van der Waals surface area (Å²) in [6, 6.07) is 0.774. The minimum Gasteiger partial charge on any atom is -0.313 e. The molecule has 2 saturated carbocycles.